The van der Waals surface area contributed by atoms with E-state index in [1.54, 1.807) is 32.2 Å². The number of aryl methyl sites for hydroxylation is 1. The molecule has 0 saturated heterocycles. The van der Waals surface area contributed by atoms with Crippen molar-refractivity contribution in [3.63, 3.8) is 0 Å². The Morgan fingerprint density at radius 3 is 2.78 bits per heavy atom. The van der Waals surface area contributed by atoms with E-state index in [4.69, 9.17) is 10.5 Å². The summed E-state index contributed by atoms with van der Waals surface area (Å²) in [5.74, 6) is -0.169. The molecule has 0 bridgehead atoms. The van der Waals surface area contributed by atoms with Gasteiger partial charge < -0.3 is 26.0 Å². The molecule has 1 amide bonds. The number of nitrogens with two attached hydrogens (primary N) is 1. The lowest BCUT2D eigenvalue weighted by Gasteiger charge is -2.26. The van der Waals surface area contributed by atoms with E-state index in [1.165, 1.54) is 17.3 Å². The molecule has 9 heteroatoms. The summed E-state index contributed by atoms with van der Waals surface area (Å²) in [5.41, 5.74) is 9.31. The van der Waals surface area contributed by atoms with Crippen LogP contribution in [0.2, 0.25) is 0 Å². The van der Waals surface area contributed by atoms with Crippen molar-refractivity contribution in [2.45, 2.75) is 19.9 Å². The molecule has 32 heavy (non-hydrogen) atoms. The SMILES string of the molecule is COc1cc2c(cc1Nc1ncc(C(N)=O)c(Nc3cccc(C)c3F)n1)CN(C)CC2. The van der Waals surface area contributed by atoms with E-state index >= 15 is 0 Å². The van der Waals surface area contributed by atoms with Crippen molar-refractivity contribution in [2.75, 3.05) is 31.3 Å². The second kappa shape index (κ2) is 8.80. The number of halogens is 1. The monoisotopic (exact) mass is 436 g/mol. The largest absolute Gasteiger partial charge is 0.495 e. The van der Waals surface area contributed by atoms with E-state index in [-0.39, 0.29) is 23.0 Å². The minimum atomic E-state index is -0.721. The lowest BCUT2D eigenvalue weighted by Crippen LogP contribution is -2.26. The molecule has 1 aliphatic heterocycles. The zero-order valence-corrected chi connectivity index (χ0v) is 18.2. The predicted octanol–water partition coefficient (Wildman–Crippen LogP) is 3.51. The van der Waals surface area contributed by atoms with Crippen LogP contribution in [0.4, 0.5) is 27.5 Å². The van der Waals surface area contributed by atoms with E-state index in [0.717, 1.165) is 19.5 Å². The number of methoxy groups -OCH3 is 1. The fourth-order valence-electron chi connectivity index (χ4n) is 3.70. The first kappa shape index (κ1) is 21.5. The highest BCUT2D eigenvalue weighted by Crippen LogP contribution is 2.33. The van der Waals surface area contributed by atoms with E-state index in [9.17, 15) is 9.18 Å². The third kappa shape index (κ3) is 4.33. The second-order valence-corrected chi connectivity index (χ2v) is 7.82. The summed E-state index contributed by atoms with van der Waals surface area (Å²) < 4.78 is 20.1. The molecule has 1 aromatic heterocycles. The van der Waals surface area contributed by atoms with Crippen molar-refractivity contribution >= 4 is 29.0 Å². The number of carbonyl (C=O) groups excluding carboxylic acids is 1. The molecule has 0 fully saturated rings. The summed E-state index contributed by atoms with van der Waals surface area (Å²) in [6, 6.07) is 8.96. The number of hydrogen-bond donors (Lipinski definition) is 3. The van der Waals surface area contributed by atoms with E-state index in [0.29, 0.717) is 17.0 Å². The van der Waals surface area contributed by atoms with Gasteiger partial charge in [-0.05, 0) is 55.3 Å². The molecule has 0 spiro atoms. The Balaban J connectivity index is 1.69. The highest BCUT2D eigenvalue weighted by atomic mass is 19.1. The fraction of sp³-hybridized carbons (Fsp3) is 0.261. The van der Waals surface area contributed by atoms with Crippen LogP contribution in [0.25, 0.3) is 0 Å². The molecule has 1 aliphatic rings. The van der Waals surface area contributed by atoms with E-state index in [2.05, 4.69) is 32.5 Å². The van der Waals surface area contributed by atoms with Crippen LogP contribution >= 0.6 is 0 Å². The molecule has 0 aliphatic carbocycles. The van der Waals surface area contributed by atoms with Gasteiger partial charge in [-0.15, -0.1) is 0 Å². The third-order valence-electron chi connectivity index (χ3n) is 5.47. The normalized spacial score (nSPS) is 13.4. The van der Waals surface area contributed by atoms with Crippen molar-refractivity contribution in [1.29, 1.82) is 0 Å². The number of nitrogens with one attached hydrogen (secondary N) is 2. The van der Waals surface area contributed by atoms with Crippen molar-refractivity contribution in [2.24, 2.45) is 5.73 Å². The number of nitrogens with zero attached hydrogens (tertiary/aromatic N) is 3. The molecule has 8 nitrogen and oxygen atoms in total. The number of hydrogen-bond acceptors (Lipinski definition) is 7. The molecule has 3 aromatic rings. The Kier molecular flexibility index (Phi) is 5.91. The van der Waals surface area contributed by atoms with Gasteiger partial charge in [0.15, 0.2) is 0 Å². The Bertz CT molecular complexity index is 1180. The number of primary amides is 1. The number of benzene rings is 2. The van der Waals surface area contributed by atoms with Crippen LogP contribution in [0, 0.1) is 12.7 Å². The molecule has 166 valence electrons. The third-order valence-corrected chi connectivity index (χ3v) is 5.47. The zero-order valence-electron chi connectivity index (χ0n) is 18.2. The maximum atomic E-state index is 14.5. The first-order chi connectivity index (χ1) is 15.4. The lowest BCUT2D eigenvalue weighted by atomic mass is 9.99. The van der Waals surface area contributed by atoms with Gasteiger partial charge in [-0.25, -0.2) is 9.37 Å². The highest BCUT2D eigenvalue weighted by Gasteiger charge is 2.19. The molecule has 0 atom stereocenters. The number of carbonyl (C=O) groups is 1. The predicted molar refractivity (Wildman–Crippen MR) is 121 cm³/mol. The minimum absolute atomic E-state index is 0.0514. The van der Waals surface area contributed by atoms with Crippen molar-refractivity contribution in [3.05, 3.63) is 64.6 Å². The molecular weight excluding hydrogens is 411 g/mol. The van der Waals surface area contributed by atoms with Gasteiger partial charge in [-0.2, -0.15) is 4.98 Å². The Hall–Kier alpha value is -3.72. The van der Waals surface area contributed by atoms with Crippen LogP contribution in [-0.2, 0) is 13.0 Å². The van der Waals surface area contributed by atoms with E-state index < -0.39 is 11.7 Å². The number of anilines is 4. The molecular formula is C23H25FN6O2. The summed E-state index contributed by atoms with van der Waals surface area (Å²) in [5, 5.41) is 6.02. The smallest absolute Gasteiger partial charge is 0.254 e. The molecule has 4 rings (SSSR count). The Labute approximate surface area is 185 Å². The highest BCUT2D eigenvalue weighted by molar-refractivity contribution is 5.98. The van der Waals surface area contributed by atoms with Crippen LogP contribution < -0.4 is 21.1 Å². The van der Waals surface area contributed by atoms with Crippen molar-refractivity contribution in [1.82, 2.24) is 14.9 Å². The minimum Gasteiger partial charge on any atom is -0.495 e. The number of rotatable bonds is 6. The first-order valence-corrected chi connectivity index (χ1v) is 10.2. The molecule has 0 unspecified atom stereocenters. The number of aromatic nitrogens is 2. The number of fused-ring (bicyclic) bond motifs is 1. The van der Waals surface area contributed by atoms with Crippen LogP contribution in [0.15, 0.2) is 36.5 Å². The maximum absolute atomic E-state index is 14.5. The maximum Gasteiger partial charge on any atom is 0.254 e. The van der Waals surface area contributed by atoms with Crippen LogP contribution in [0.1, 0.15) is 27.0 Å². The summed E-state index contributed by atoms with van der Waals surface area (Å²) in [7, 11) is 3.68. The lowest BCUT2D eigenvalue weighted by molar-refractivity contribution is 0.100. The van der Waals surface area contributed by atoms with Gasteiger partial charge in [-0.3, -0.25) is 4.79 Å². The second-order valence-electron chi connectivity index (χ2n) is 7.82. The van der Waals surface area contributed by atoms with Gasteiger partial charge in [-0.1, -0.05) is 12.1 Å². The topological polar surface area (TPSA) is 105 Å². The molecule has 0 radical (unpaired) electrons. The first-order valence-electron chi connectivity index (χ1n) is 10.2. The van der Waals surface area contributed by atoms with Gasteiger partial charge in [0.25, 0.3) is 5.91 Å². The van der Waals surface area contributed by atoms with Gasteiger partial charge >= 0.3 is 0 Å². The number of ether oxygens (including phenoxy) is 1. The van der Waals surface area contributed by atoms with Gasteiger partial charge in [0, 0.05) is 19.3 Å². The molecule has 2 aromatic carbocycles. The van der Waals surface area contributed by atoms with Crippen molar-refractivity contribution < 1.29 is 13.9 Å². The molecule has 2 heterocycles. The van der Waals surface area contributed by atoms with Crippen LogP contribution in [-0.4, -0.2) is 41.5 Å². The standard InChI is InChI=1S/C23H25FN6O2/c1-13-5-4-6-17(20(13)24)27-22-16(21(25)31)11-26-23(29-22)28-18-9-15-12-30(2)8-7-14(15)10-19(18)32-3/h4-6,9-11H,7-8,12H2,1-3H3,(H2,25,31)(H2,26,27,28,29). The van der Waals surface area contributed by atoms with Gasteiger partial charge in [0.1, 0.15) is 22.9 Å². The Morgan fingerprint density at radius 1 is 1.22 bits per heavy atom. The number of amides is 1. The summed E-state index contributed by atoms with van der Waals surface area (Å²) in [6.45, 7) is 3.47. The Morgan fingerprint density at radius 2 is 2.03 bits per heavy atom. The van der Waals surface area contributed by atoms with Gasteiger partial charge in [0.05, 0.1) is 18.5 Å². The summed E-state index contributed by atoms with van der Waals surface area (Å²) in [4.78, 5) is 22.7. The quantitative estimate of drug-likeness (QED) is 0.543. The van der Waals surface area contributed by atoms with Crippen LogP contribution in [0.3, 0.4) is 0 Å². The molecule has 0 saturated carbocycles. The van der Waals surface area contributed by atoms with E-state index in [1.807, 2.05) is 12.1 Å². The average molecular weight is 436 g/mol. The fourth-order valence-corrected chi connectivity index (χ4v) is 3.70. The zero-order chi connectivity index (χ0) is 22.8. The summed E-state index contributed by atoms with van der Waals surface area (Å²) in [6.07, 6.45) is 2.26. The molecule has 4 N–H and O–H groups in total. The number of likely N-dealkylation sites (N-methyl/N-ethyl adjacent to an activating group) is 1. The van der Waals surface area contributed by atoms with Crippen molar-refractivity contribution in [3.8, 4) is 5.75 Å². The summed E-state index contributed by atoms with van der Waals surface area (Å²) >= 11 is 0. The van der Waals surface area contributed by atoms with Gasteiger partial charge in [0.2, 0.25) is 5.95 Å². The average Bonchev–Trinajstić information content (AvgIpc) is 2.76. The van der Waals surface area contributed by atoms with Crippen LogP contribution in [0.5, 0.6) is 5.75 Å².